The molecule has 22 heavy (non-hydrogen) atoms. The summed E-state index contributed by atoms with van der Waals surface area (Å²) in [6.07, 6.45) is 12.8. The minimum absolute atomic E-state index is 0.296. The summed E-state index contributed by atoms with van der Waals surface area (Å²) in [4.78, 5) is 2.81. The van der Waals surface area contributed by atoms with Crippen molar-refractivity contribution in [2.75, 3.05) is 13.1 Å². The monoisotopic (exact) mass is 299 g/mol. The number of rotatable bonds is 0. The van der Waals surface area contributed by atoms with Crippen molar-refractivity contribution in [2.45, 2.75) is 83.1 Å². The molecule has 0 radical (unpaired) electrons. The van der Waals surface area contributed by atoms with E-state index >= 15 is 0 Å². The minimum Gasteiger partial charge on any atom is -0.295 e. The molecular formula is C21H33N. The van der Waals surface area contributed by atoms with Crippen molar-refractivity contribution < 1.29 is 0 Å². The average molecular weight is 300 g/mol. The summed E-state index contributed by atoms with van der Waals surface area (Å²) in [5.41, 5.74) is 3.52. The van der Waals surface area contributed by atoms with Gasteiger partial charge in [-0.25, -0.2) is 0 Å². The van der Waals surface area contributed by atoms with Gasteiger partial charge in [0.05, 0.1) is 0 Å². The predicted molar refractivity (Wildman–Crippen MR) is 95.3 cm³/mol. The van der Waals surface area contributed by atoms with E-state index in [4.69, 9.17) is 0 Å². The zero-order valence-electron chi connectivity index (χ0n) is 14.6. The van der Waals surface area contributed by atoms with Crippen molar-refractivity contribution in [1.82, 2.24) is 4.90 Å². The number of hydrogen-bond donors (Lipinski definition) is 0. The first kappa shape index (κ1) is 16.1. The molecule has 1 saturated heterocycles. The van der Waals surface area contributed by atoms with E-state index in [2.05, 4.69) is 43.0 Å². The number of benzene rings is 1. The molecule has 0 spiro atoms. The predicted octanol–water partition coefficient (Wildman–Crippen LogP) is 5.85. The highest BCUT2D eigenvalue weighted by Crippen LogP contribution is 2.41. The molecule has 2 aliphatic rings. The highest BCUT2D eigenvalue weighted by Gasteiger charge is 2.36. The normalized spacial score (nSPS) is 27.1. The maximum absolute atomic E-state index is 2.81. The summed E-state index contributed by atoms with van der Waals surface area (Å²) < 4.78 is 0. The highest BCUT2D eigenvalue weighted by atomic mass is 15.2. The Labute approximate surface area is 137 Å². The molecule has 3 rings (SSSR count). The molecule has 1 nitrogen and oxygen atoms in total. The lowest BCUT2D eigenvalue weighted by Crippen LogP contribution is -2.45. The van der Waals surface area contributed by atoms with Crippen LogP contribution in [-0.2, 0) is 5.41 Å². The SMILES string of the molecule is CC1(C)CN2CCCCCCCCCCC2c2ccccc21. The molecule has 1 aromatic carbocycles. The molecule has 1 heteroatoms. The third-order valence-corrected chi connectivity index (χ3v) is 5.76. The van der Waals surface area contributed by atoms with Crippen LogP contribution < -0.4 is 0 Å². The standard InChI is InChI=1S/C21H33N/c1-21(2)17-22-16-12-8-6-4-3-5-7-9-15-20(22)18-13-10-11-14-19(18)21/h10-11,13-14,20H,3-9,12,15-17H2,1-2H3. The number of hydrogen-bond acceptors (Lipinski definition) is 1. The summed E-state index contributed by atoms with van der Waals surface area (Å²) in [5, 5.41) is 0. The summed E-state index contributed by atoms with van der Waals surface area (Å²) in [6, 6.07) is 9.92. The van der Waals surface area contributed by atoms with Crippen LogP contribution in [0.4, 0.5) is 0 Å². The molecule has 2 aliphatic heterocycles. The second kappa shape index (κ2) is 7.17. The summed E-state index contributed by atoms with van der Waals surface area (Å²) >= 11 is 0. The van der Waals surface area contributed by atoms with Crippen LogP contribution in [-0.4, -0.2) is 18.0 Å². The van der Waals surface area contributed by atoms with E-state index in [9.17, 15) is 0 Å². The largest absolute Gasteiger partial charge is 0.295 e. The van der Waals surface area contributed by atoms with E-state index in [0.29, 0.717) is 11.5 Å². The average Bonchev–Trinajstić information content (AvgIpc) is 2.49. The van der Waals surface area contributed by atoms with Crippen molar-refractivity contribution in [2.24, 2.45) is 0 Å². The zero-order valence-corrected chi connectivity index (χ0v) is 14.6. The van der Waals surface area contributed by atoms with Crippen LogP contribution >= 0.6 is 0 Å². The lowest BCUT2D eigenvalue weighted by atomic mass is 9.74. The maximum atomic E-state index is 2.81. The first-order valence-electron chi connectivity index (χ1n) is 9.52. The zero-order chi connectivity index (χ0) is 15.4. The first-order valence-corrected chi connectivity index (χ1v) is 9.52. The Morgan fingerprint density at radius 2 is 1.50 bits per heavy atom. The van der Waals surface area contributed by atoms with E-state index in [1.807, 2.05) is 0 Å². The van der Waals surface area contributed by atoms with Crippen LogP contribution in [0.5, 0.6) is 0 Å². The van der Waals surface area contributed by atoms with Gasteiger partial charge in [-0.3, -0.25) is 4.90 Å². The fraction of sp³-hybridized carbons (Fsp3) is 0.714. The smallest absolute Gasteiger partial charge is 0.0351 e. The fourth-order valence-electron chi connectivity index (χ4n) is 4.59. The third kappa shape index (κ3) is 3.56. The molecule has 1 unspecified atom stereocenters. The molecule has 1 aromatic rings. The summed E-state index contributed by atoms with van der Waals surface area (Å²) in [5.74, 6) is 0. The van der Waals surface area contributed by atoms with Gasteiger partial charge < -0.3 is 0 Å². The van der Waals surface area contributed by atoms with Crippen LogP contribution in [0.1, 0.15) is 88.8 Å². The maximum Gasteiger partial charge on any atom is 0.0351 e. The first-order chi connectivity index (χ1) is 10.7. The van der Waals surface area contributed by atoms with E-state index in [1.165, 1.54) is 70.9 Å². The molecule has 1 atom stereocenters. The van der Waals surface area contributed by atoms with Crippen molar-refractivity contribution in [3.63, 3.8) is 0 Å². The highest BCUT2D eigenvalue weighted by molar-refractivity contribution is 5.38. The Balaban J connectivity index is 1.84. The molecule has 2 heterocycles. The van der Waals surface area contributed by atoms with Gasteiger partial charge in [0.1, 0.15) is 0 Å². The van der Waals surface area contributed by atoms with Gasteiger partial charge in [-0.15, -0.1) is 0 Å². The van der Waals surface area contributed by atoms with Gasteiger partial charge in [0.25, 0.3) is 0 Å². The Bertz CT molecular complexity index is 477. The van der Waals surface area contributed by atoms with Crippen LogP contribution in [0.2, 0.25) is 0 Å². The van der Waals surface area contributed by atoms with Gasteiger partial charge in [-0.05, 0) is 30.5 Å². The Hall–Kier alpha value is -0.820. The Morgan fingerprint density at radius 1 is 0.864 bits per heavy atom. The van der Waals surface area contributed by atoms with E-state index in [1.54, 1.807) is 11.1 Å². The fourth-order valence-corrected chi connectivity index (χ4v) is 4.59. The van der Waals surface area contributed by atoms with Crippen molar-refractivity contribution >= 4 is 0 Å². The molecule has 0 aromatic heterocycles. The molecule has 1 fully saturated rings. The summed E-state index contributed by atoms with van der Waals surface area (Å²) in [6.45, 7) is 7.38. The molecule has 122 valence electrons. The molecule has 0 aliphatic carbocycles. The lowest BCUT2D eigenvalue weighted by molar-refractivity contribution is 0.126. The number of fused-ring (bicyclic) bond motifs is 3. The van der Waals surface area contributed by atoms with Crippen LogP contribution in [0, 0.1) is 0 Å². The third-order valence-electron chi connectivity index (χ3n) is 5.76. The van der Waals surface area contributed by atoms with Crippen LogP contribution in [0.25, 0.3) is 0 Å². The van der Waals surface area contributed by atoms with Crippen molar-refractivity contribution in [3.8, 4) is 0 Å². The Morgan fingerprint density at radius 3 is 2.27 bits per heavy atom. The molecule has 0 saturated carbocycles. The second-order valence-corrected chi connectivity index (χ2v) is 8.07. The van der Waals surface area contributed by atoms with E-state index < -0.39 is 0 Å². The van der Waals surface area contributed by atoms with Crippen molar-refractivity contribution in [3.05, 3.63) is 35.4 Å². The number of nitrogens with zero attached hydrogens (tertiary/aromatic N) is 1. The topological polar surface area (TPSA) is 3.24 Å². The van der Waals surface area contributed by atoms with Gasteiger partial charge >= 0.3 is 0 Å². The van der Waals surface area contributed by atoms with Gasteiger partial charge in [0.2, 0.25) is 0 Å². The molecule has 0 N–H and O–H groups in total. The molecular weight excluding hydrogens is 266 g/mol. The summed E-state index contributed by atoms with van der Waals surface area (Å²) in [7, 11) is 0. The second-order valence-electron chi connectivity index (χ2n) is 8.07. The molecule has 0 amide bonds. The quantitative estimate of drug-likeness (QED) is 0.581. The van der Waals surface area contributed by atoms with Gasteiger partial charge in [-0.2, -0.15) is 0 Å². The van der Waals surface area contributed by atoms with Crippen LogP contribution in [0.15, 0.2) is 24.3 Å². The van der Waals surface area contributed by atoms with E-state index in [-0.39, 0.29) is 0 Å². The minimum atomic E-state index is 0.296. The lowest BCUT2D eigenvalue weighted by Gasteiger charge is -2.45. The van der Waals surface area contributed by atoms with Gasteiger partial charge in [0, 0.05) is 18.0 Å². The van der Waals surface area contributed by atoms with Gasteiger partial charge in [0.15, 0.2) is 0 Å². The van der Waals surface area contributed by atoms with E-state index in [0.717, 1.165) is 0 Å². The Kier molecular flexibility index (Phi) is 5.23. The van der Waals surface area contributed by atoms with Gasteiger partial charge in [-0.1, -0.05) is 83.1 Å². The van der Waals surface area contributed by atoms with Crippen LogP contribution in [0.3, 0.4) is 0 Å². The molecule has 0 bridgehead atoms. The van der Waals surface area contributed by atoms with Crippen molar-refractivity contribution in [1.29, 1.82) is 0 Å².